The summed E-state index contributed by atoms with van der Waals surface area (Å²) in [5.74, 6) is -0.877. The van der Waals surface area contributed by atoms with Crippen LogP contribution in [0.15, 0.2) is 59.5 Å². The lowest BCUT2D eigenvalue weighted by Gasteiger charge is -2.25. The fourth-order valence-electron chi connectivity index (χ4n) is 5.42. The molecule has 16 nitrogen and oxygen atoms in total. The second-order valence-electron chi connectivity index (χ2n) is 11.7. The second kappa shape index (κ2) is 17.3. The van der Waals surface area contributed by atoms with Crippen LogP contribution in [-0.4, -0.2) is 72.8 Å². The van der Waals surface area contributed by atoms with Crippen molar-refractivity contribution in [3.63, 3.8) is 0 Å². The van der Waals surface area contributed by atoms with Crippen LogP contribution in [0.5, 0.6) is 5.75 Å². The maximum absolute atomic E-state index is 14.1. The summed E-state index contributed by atoms with van der Waals surface area (Å²) in [5.41, 5.74) is 9.17. The Morgan fingerprint density at radius 1 is 1.00 bits per heavy atom. The van der Waals surface area contributed by atoms with Crippen molar-refractivity contribution < 1.29 is 29.1 Å². The molecule has 4 rings (SSSR count). The molecule has 2 aromatic carbocycles. The predicted octanol–water partition coefficient (Wildman–Crippen LogP) is 1.93. The van der Waals surface area contributed by atoms with E-state index in [0.29, 0.717) is 41.9 Å². The lowest BCUT2D eigenvalue weighted by Crippen LogP contribution is -2.55. The number of rotatable bonds is 17. The van der Waals surface area contributed by atoms with E-state index in [0.717, 1.165) is 11.1 Å². The van der Waals surface area contributed by atoms with Gasteiger partial charge in [-0.05, 0) is 67.5 Å². The van der Waals surface area contributed by atoms with Gasteiger partial charge in [-0.2, -0.15) is 4.98 Å². The van der Waals surface area contributed by atoms with Gasteiger partial charge < -0.3 is 46.7 Å². The number of phenolic OH excluding ortho intramolecular Hbond substituents is 1. The zero-order chi connectivity index (χ0) is 35.3. The molecule has 0 bridgehead atoms. The Morgan fingerprint density at radius 3 is 2.37 bits per heavy atom. The summed E-state index contributed by atoms with van der Waals surface area (Å²) >= 11 is 0. The van der Waals surface area contributed by atoms with Crippen LogP contribution in [0.25, 0.3) is 0 Å². The average molecular weight is 675 g/mol. The quantitative estimate of drug-likeness (QED) is 0.0444. The summed E-state index contributed by atoms with van der Waals surface area (Å²) in [6, 6.07) is 9.79. The molecule has 0 saturated carbocycles. The van der Waals surface area contributed by atoms with Crippen LogP contribution in [0, 0.1) is 19.3 Å². The molecule has 260 valence electrons. The first kappa shape index (κ1) is 35.9. The summed E-state index contributed by atoms with van der Waals surface area (Å²) in [6.07, 6.45) is 3.57. The SMILES string of the molecule is Cc1cc(O)cc(C)c1C[C@H](NC(=O)[C@@H](CCCNC(=N)N)NC(=O)O)C(=O)N[C@@H](Cc1c[nH]cn1)c1nc(CCc2ccccc2)no1. The van der Waals surface area contributed by atoms with Gasteiger partial charge >= 0.3 is 6.09 Å². The highest BCUT2D eigenvalue weighted by atomic mass is 16.5. The third kappa shape index (κ3) is 11.1. The number of amides is 3. The monoisotopic (exact) mass is 674 g/mol. The number of carbonyl (C=O) groups is 3. The van der Waals surface area contributed by atoms with Crippen LogP contribution in [0.1, 0.15) is 58.5 Å². The molecule has 10 N–H and O–H groups in total. The molecule has 3 atom stereocenters. The molecule has 0 aliphatic carbocycles. The van der Waals surface area contributed by atoms with E-state index >= 15 is 0 Å². The number of aromatic amines is 1. The topological polar surface area (TPSA) is 257 Å². The number of nitrogens with one attached hydrogen (secondary N) is 6. The van der Waals surface area contributed by atoms with Gasteiger partial charge in [0.2, 0.25) is 17.7 Å². The fourth-order valence-corrected chi connectivity index (χ4v) is 5.42. The van der Waals surface area contributed by atoms with Gasteiger partial charge in [-0.3, -0.25) is 15.0 Å². The molecular formula is C33H42N10O6. The van der Waals surface area contributed by atoms with Gasteiger partial charge in [0.15, 0.2) is 11.8 Å². The normalized spacial score (nSPS) is 12.8. The average Bonchev–Trinajstić information content (AvgIpc) is 3.75. The number of carboxylic acid groups (broad SMARTS) is 1. The first-order valence-corrected chi connectivity index (χ1v) is 15.8. The molecule has 0 unspecified atom stereocenters. The molecule has 0 radical (unpaired) electrons. The third-order valence-corrected chi connectivity index (χ3v) is 7.87. The molecular weight excluding hydrogens is 632 g/mol. The molecule has 0 saturated heterocycles. The lowest BCUT2D eigenvalue weighted by atomic mass is 9.95. The molecule has 2 heterocycles. The number of guanidine groups is 1. The Balaban J connectivity index is 1.58. The van der Waals surface area contributed by atoms with Crippen molar-refractivity contribution >= 4 is 23.9 Å². The van der Waals surface area contributed by atoms with Crippen molar-refractivity contribution in [3.8, 4) is 5.75 Å². The van der Waals surface area contributed by atoms with Crippen molar-refractivity contribution in [2.24, 2.45) is 5.73 Å². The smallest absolute Gasteiger partial charge is 0.405 e. The van der Waals surface area contributed by atoms with Gasteiger partial charge in [-0.25, -0.2) is 9.78 Å². The standard InChI is InChI=1S/C33H42N10O6/c1-19-13-23(44)14-20(2)24(19)16-26(39-29(45)25(41-33(47)48)9-6-12-37-32(34)35)30(46)40-27(15-22-17-36-18-38-22)31-42-28(43-49-31)11-10-21-7-4-3-5-8-21/h3-5,7-8,13-14,17-18,25-27,41,44H,6,9-12,15-16H2,1-2H3,(H,36,38)(H,39,45)(H,40,46)(H,47,48)(H4,34,35,37)/t25-,26+,27+/m1/s1. The zero-order valence-electron chi connectivity index (χ0n) is 27.3. The highest BCUT2D eigenvalue weighted by Crippen LogP contribution is 2.23. The van der Waals surface area contributed by atoms with E-state index in [2.05, 4.69) is 41.4 Å². The van der Waals surface area contributed by atoms with Crippen molar-refractivity contribution in [1.82, 2.24) is 41.4 Å². The van der Waals surface area contributed by atoms with E-state index in [1.165, 1.54) is 6.33 Å². The fraction of sp³-hybridized carbons (Fsp3) is 0.364. The number of phenols is 1. The van der Waals surface area contributed by atoms with Gasteiger partial charge in [0.25, 0.3) is 0 Å². The van der Waals surface area contributed by atoms with E-state index in [1.807, 2.05) is 30.3 Å². The lowest BCUT2D eigenvalue weighted by molar-refractivity contribution is -0.130. The molecule has 0 fully saturated rings. The van der Waals surface area contributed by atoms with E-state index in [-0.39, 0.29) is 43.4 Å². The number of hydrogen-bond donors (Lipinski definition) is 9. The minimum absolute atomic E-state index is 0.0302. The first-order valence-electron chi connectivity index (χ1n) is 15.8. The molecule has 0 aliphatic rings. The summed E-state index contributed by atoms with van der Waals surface area (Å²) in [4.78, 5) is 51.0. The summed E-state index contributed by atoms with van der Waals surface area (Å²) in [6.45, 7) is 3.81. The summed E-state index contributed by atoms with van der Waals surface area (Å²) in [5, 5.41) is 41.5. The number of H-pyrrole nitrogens is 1. The van der Waals surface area contributed by atoms with E-state index < -0.39 is 36.0 Å². The van der Waals surface area contributed by atoms with Crippen molar-refractivity contribution in [1.29, 1.82) is 5.41 Å². The molecule has 49 heavy (non-hydrogen) atoms. The van der Waals surface area contributed by atoms with Crippen LogP contribution in [-0.2, 0) is 35.3 Å². The molecule has 16 heteroatoms. The summed E-state index contributed by atoms with van der Waals surface area (Å²) < 4.78 is 5.61. The molecule has 4 aromatic rings. The number of aromatic hydroxyl groups is 1. The number of carbonyl (C=O) groups excluding carboxylic acids is 2. The highest BCUT2D eigenvalue weighted by molar-refractivity contribution is 5.91. The molecule has 2 aromatic heterocycles. The minimum atomic E-state index is -1.41. The first-order chi connectivity index (χ1) is 23.5. The van der Waals surface area contributed by atoms with E-state index in [4.69, 9.17) is 15.7 Å². The predicted molar refractivity (Wildman–Crippen MR) is 179 cm³/mol. The van der Waals surface area contributed by atoms with Crippen molar-refractivity contribution in [2.75, 3.05) is 6.54 Å². The maximum atomic E-state index is 14.1. The number of hydrogen-bond acceptors (Lipinski definition) is 9. The van der Waals surface area contributed by atoms with Gasteiger partial charge in [0, 0.05) is 32.0 Å². The van der Waals surface area contributed by atoms with Gasteiger partial charge in [-0.1, -0.05) is 35.5 Å². The van der Waals surface area contributed by atoms with E-state index in [9.17, 15) is 24.6 Å². The van der Waals surface area contributed by atoms with Crippen LogP contribution >= 0.6 is 0 Å². The van der Waals surface area contributed by atoms with E-state index in [1.54, 1.807) is 32.2 Å². The molecule has 0 spiro atoms. The summed E-state index contributed by atoms with van der Waals surface area (Å²) in [7, 11) is 0. The molecule has 0 aliphatic heterocycles. The third-order valence-electron chi connectivity index (χ3n) is 7.87. The minimum Gasteiger partial charge on any atom is -0.508 e. The Kier molecular flexibility index (Phi) is 12.7. The van der Waals surface area contributed by atoms with Crippen LogP contribution < -0.4 is 27.0 Å². The number of benzene rings is 2. The number of nitrogens with zero attached hydrogens (tertiary/aromatic N) is 3. The Hall–Kier alpha value is -5.93. The van der Waals surface area contributed by atoms with Gasteiger partial charge in [0.1, 0.15) is 23.9 Å². The Bertz CT molecular complexity index is 1690. The molecule has 3 amide bonds. The largest absolute Gasteiger partial charge is 0.508 e. The second-order valence-corrected chi connectivity index (χ2v) is 11.7. The number of imidazole rings is 1. The van der Waals surface area contributed by atoms with Crippen LogP contribution in [0.2, 0.25) is 0 Å². The number of aryl methyl sites for hydroxylation is 4. The van der Waals surface area contributed by atoms with Crippen molar-refractivity contribution in [2.45, 2.75) is 70.5 Å². The van der Waals surface area contributed by atoms with Crippen LogP contribution in [0.3, 0.4) is 0 Å². The van der Waals surface area contributed by atoms with Crippen molar-refractivity contribution in [3.05, 3.63) is 94.7 Å². The van der Waals surface area contributed by atoms with Gasteiger partial charge in [0.05, 0.1) is 12.0 Å². The Labute approximate surface area is 282 Å². The number of aromatic nitrogens is 4. The maximum Gasteiger partial charge on any atom is 0.405 e. The number of nitrogens with two attached hydrogens (primary N) is 1. The Morgan fingerprint density at radius 2 is 1.71 bits per heavy atom. The van der Waals surface area contributed by atoms with Gasteiger partial charge in [-0.15, -0.1) is 0 Å². The zero-order valence-corrected chi connectivity index (χ0v) is 27.3. The van der Waals surface area contributed by atoms with Crippen LogP contribution in [0.4, 0.5) is 4.79 Å². The highest BCUT2D eigenvalue weighted by Gasteiger charge is 2.31.